The van der Waals surface area contributed by atoms with Gasteiger partial charge in [0.05, 0.1) is 15.9 Å². The van der Waals surface area contributed by atoms with Gasteiger partial charge in [0.25, 0.3) is 0 Å². The first-order chi connectivity index (χ1) is 15.1. The number of aromatic nitrogens is 2. The van der Waals surface area contributed by atoms with Crippen molar-refractivity contribution in [1.82, 2.24) is 13.9 Å². The molecule has 0 aliphatic rings. The zero-order chi connectivity index (χ0) is 23.8. The molecule has 1 aromatic heterocycles. The lowest BCUT2D eigenvalue weighted by Crippen LogP contribution is -2.30. The summed E-state index contributed by atoms with van der Waals surface area (Å²) in [5.74, 6) is -10.6. The lowest BCUT2D eigenvalue weighted by atomic mass is 10.2. The van der Waals surface area contributed by atoms with Crippen molar-refractivity contribution in [3.05, 3.63) is 52.8 Å². The topological polar surface area (TPSA) is 55.2 Å². The van der Waals surface area contributed by atoms with E-state index in [9.17, 15) is 30.4 Å². The predicted octanol–water partition coefficient (Wildman–Crippen LogP) is 5.07. The smallest absolute Gasteiger partial charge is 0.243 e. The Morgan fingerprint density at radius 3 is 2.03 bits per heavy atom. The highest BCUT2D eigenvalue weighted by molar-refractivity contribution is 7.98. The molecule has 1 heterocycles. The van der Waals surface area contributed by atoms with Crippen LogP contribution in [0.5, 0.6) is 0 Å². The molecule has 32 heavy (non-hydrogen) atoms. The number of hydrogen-bond acceptors (Lipinski definition) is 4. The van der Waals surface area contributed by atoms with Crippen LogP contribution in [0, 0.1) is 29.1 Å². The number of aryl methyl sites for hydroxylation is 1. The van der Waals surface area contributed by atoms with Crippen LogP contribution in [0.3, 0.4) is 0 Å². The molecule has 0 aliphatic carbocycles. The van der Waals surface area contributed by atoms with Gasteiger partial charge in [0.15, 0.2) is 28.4 Å². The highest BCUT2D eigenvalue weighted by Gasteiger charge is 2.27. The van der Waals surface area contributed by atoms with Crippen LogP contribution in [0.2, 0.25) is 0 Å². The van der Waals surface area contributed by atoms with Crippen molar-refractivity contribution >= 4 is 32.8 Å². The summed E-state index contributed by atoms with van der Waals surface area (Å²) >= 11 is 0.787. The third kappa shape index (κ3) is 4.11. The number of fused-ring (bicyclic) bond motifs is 1. The van der Waals surface area contributed by atoms with E-state index in [1.54, 1.807) is 31.4 Å². The number of rotatable bonds is 8. The molecule has 5 nitrogen and oxygen atoms in total. The molecule has 12 heteroatoms. The molecule has 0 aliphatic heterocycles. The van der Waals surface area contributed by atoms with E-state index in [2.05, 4.69) is 4.98 Å². The minimum atomic E-state index is -3.72. The molecule has 0 spiro atoms. The fourth-order valence-corrected chi connectivity index (χ4v) is 5.84. The van der Waals surface area contributed by atoms with Crippen LogP contribution in [0.15, 0.2) is 28.3 Å². The van der Waals surface area contributed by atoms with Crippen LogP contribution in [0.25, 0.3) is 11.0 Å². The molecular weight excluding hydrogens is 473 g/mol. The molecular formula is C20H20F5N3O2S2. The van der Waals surface area contributed by atoms with E-state index in [0.29, 0.717) is 30.7 Å². The quantitative estimate of drug-likeness (QED) is 0.190. The molecule has 3 aromatic rings. The van der Waals surface area contributed by atoms with Gasteiger partial charge in [0.1, 0.15) is 0 Å². The zero-order valence-corrected chi connectivity index (χ0v) is 19.1. The average molecular weight is 494 g/mol. The van der Waals surface area contributed by atoms with E-state index >= 15 is 0 Å². The second kappa shape index (κ2) is 9.36. The fourth-order valence-electron chi connectivity index (χ4n) is 3.29. The van der Waals surface area contributed by atoms with E-state index in [1.807, 2.05) is 0 Å². The highest BCUT2D eigenvalue weighted by Crippen LogP contribution is 2.32. The van der Waals surface area contributed by atoms with Crippen LogP contribution in [0.1, 0.15) is 26.3 Å². The normalized spacial score (nSPS) is 12.3. The second-order valence-electron chi connectivity index (χ2n) is 6.72. The summed E-state index contributed by atoms with van der Waals surface area (Å²) in [5, 5.41) is 0.254. The first-order valence-corrected chi connectivity index (χ1v) is 12.1. The van der Waals surface area contributed by atoms with Gasteiger partial charge in [-0.15, -0.1) is 0 Å². The SMILES string of the molecule is CCN(CC)S(=O)(=O)c1ccc2c(c1)nc(SCc1c(F)c(F)c(F)c(F)c1F)n2CC. The predicted molar refractivity (Wildman–Crippen MR) is 111 cm³/mol. The fraction of sp³-hybridized carbons (Fsp3) is 0.350. The number of benzene rings is 2. The van der Waals surface area contributed by atoms with Crippen LogP contribution in [-0.2, 0) is 22.3 Å². The zero-order valence-electron chi connectivity index (χ0n) is 17.4. The summed E-state index contributed by atoms with van der Waals surface area (Å²) in [6.45, 7) is 6.20. The molecule has 0 saturated heterocycles. The van der Waals surface area contributed by atoms with Crippen molar-refractivity contribution in [2.24, 2.45) is 0 Å². The van der Waals surface area contributed by atoms with Crippen molar-refractivity contribution < 1.29 is 30.4 Å². The molecule has 0 atom stereocenters. The van der Waals surface area contributed by atoms with Gasteiger partial charge in [0, 0.05) is 31.0 Å². The van der Waals surface area contributed by atoms with Gasteiger partial charge in [0.2, 0.25) is 15.8 Å². The van der Waals surface area contributed by atoms with Gasteiger partial charge in [-0.25, -0.2) is 35.4 Å². The summed E-state index contributed by atoms with van der Waals surface area (Å²) in [4.78, 5) is 4.39. The second-order valence-corrected chi connectivity index (χ2v) is 9.60. The number of thioether (sulfide) groups is 1. The molecule has 0 fully saturated rings. The third-order valence-corrected chi connectivity index (χ3v) is 8.04. The summed E-state index contributed by atoms with van der Waals surface area (Å²) in [7, 11) is -3.72. The van der Waals surface area contributed by atoms with E-state index in [1.165, 1.54) is 16.4 Å². The number of imidazole rings is 1. The molecule has 0 unspecified atom stereocenters. The Kier molecular flexibility index (Phi) is 7.15. The summed E-state index contributed by atoms with van der Waals surface area (Å²) in [6.07, 6.45) is 0. The van der Waals surface area contributed by atoms with Crippen molar-refractivity contribution in [3.8, 4) is 0 Å². The van der Waals surface area contributed by atoms with Gasteiger partial charge in [-0.3, -0.25) is 0 Å². The average Bonchev–Trinajstić information content (AvgIpc) is 3.13. The maximum atomic E-state index is 14.0. The summed E-state index contributed by atoms with van der Waals surface area (Å²) in [6, 6.07) is 4.42. The third-order valence-electron chi connectivity index (χ3n) is 4.99. The molecule has 0 N–H and O–H groups in total. The Morgan fingerprint density at radius 1 is 0.938 bits per heavy atom. The number of sulfonamides is 1. The Hall–Kier alpha value is -2.18. The van der Waals surface area contributed by atoms with E-state index in [4.69, 9.17) is 0 Å². The van der Waals surface area contributed by atoms with Gasteiger partial charge in [-0.05, 0) is 25.1 Å². The lowest BCUT2D eigenvalue weighted by Gasteiger charge is -2.18. The number of nitrogens with zero attached hydrogens (tertiary/aromatic N) is 3. The van der Waals surface area contributed by atoms with Crippen molar-refractivity contribution in [2.75, 3.05) is 13.1 Å². The number of hydrogen-bond donors (Lipinski definition) is 0. The van der Waals surface area contributed by atoms with Gasteiger partial charge >= 0.3 is 0 Å². The van der Waals surface area contributed by atoms with Crippen molar-refractivity contribution in [2.45, 2.75) is 43.1 Å². The first-order valence-electron chi connectivity index (χ1n) is 9.71. The molecule has 174 valence electrons. The minimum Gasteiger partial charge on any atom is -0.319 e. The van der Waals surface area contributed by atoms with E-state index < -0.39 is 50.4 Å². The first kappa shape index (κ1) is 24.5. The van der Waals surface area contributed by atoms with Crippen molar-refractivity contribution in [1.29, 1.82) is 0 Å². The molecule has 0 radical (unpaired) electrons. The van der Waals surface area contributed by atoms with Crippen LogP contribution < -0.4 is 0 Å². The molecule has 0 amide bonds. The maximum Gasteiger partial charge on any atom is 0.243 e. The van der Waals surface area contributed by atoms with Crippen molar-refractivity contribution in [3.63, 3.8) is 0 Å². The Labute approximate surface area is 186 Å². The highest BCUT2D eigenvalue weighted by atomic mass is 32.2. The van der Waals surface area contributed by atoms with Gasteiger partial charge < -0.3 is 4.57 Å². The minimum absolute atomic E-state index is 0.0470. The van der Waals surface area contributed by atoms with Gasteiger partial charge in [-0.1, -0.05) is 25.6 Å². The van der Waals surface area contributed by atoms with E-state index in [-0.39, 0.29) is 10.1 Å². The van der Waals surface area contributed by atoms with Crippen LogP contribution in [0.4, 0.5) is 22.0 Å². The Bertz CT molecular complexity index is 1250. The monoisotopic (exact) mass is 493 g/mol. The maximum absolute atomic E-state index is 14.0. The van der Waals surface area contributed by atoms with Crippen LogP contribution >= 0.6 is 11.8 Å². The van der Waals surface area contributed by atoms with E-state index in [0.717, 1.165) is 11.8 Å². The molecule has 0 bridgehead atoms. The van der Waals surface area contributed by atoms with Crippen LogP contribution in [-0.4, -0.2) is 35.4 Å². The molecule has 0 saturated carbocycles. The Balaban J connectivity index is 2.01. The summed E-state index contributed by atoms with van der Waals surface area (Å²) < 4.78 is 96.7. The van der Waals surface area contributed by atoms with Gasteiger partial charge in [-0.2, -0.15) is 4.31 Å². The standard InChI is InChI=1S/C20H20F5N3O2S2/c1-4-27(5-2)32(29,30)11-7-8-14-13(9-11)26-20(28(14)6-3)31-10-12-15(21)17(23)19(25)18(24)16(12)22/h7-9H,4-6,10H2,1-3H3. The Morgan fingerprint density at radius 2 is 1.50 bits per heavy atom. The molecule has 2 aromatic carbocycles. The molecule has 3 rings (SSSR count). The lowest BCUT2D eigenvalue weighted by molar-refractivity contribution is 0.372. The number of halogens is 5. The largest absolute Gasteiger partial charge is 0.319 e. The summed E-state index contributed by atoms with van der Waals surface area (Å²) in [5.41, 5.74) is -0.0446.